The Bertz CT molecular complexity index is 962. The third-order valence-electron chi connectivity index (χ3n) is 5.09. The van der Waals surface area contributed by atoms with Gasteiger partial charge in [0.2, 0.25) is 5.78 Å². The van der Waals surface area contributed by atoms with Crippen molar-refractivity contribution in [3.8, 4) is 11.5 Å². The van der Waals surface area contributed by atoms with Crippen LogP contribution >= 0.6 is 0 Å². The van der Waals surface area contributed by atoms with E-state index >= 15 is 0 Å². The molecule has 2 N–H and O–H groups in total. The van der Waals surface area contributed by atoms with Crippen molar-refractivity contribution < 1.29 is 33.7 Å². The van der Waals surface area contributed by atoms with Crippen molar-refractivity contribution in [2.45, 2.75) is 26.3 Å². The summed E-state index contributed by atoms with van der Waals surface area (Å²) < 4.78 is 16.5. The standard InChI is InChI=1S/C23H27NO7/c1-14(2)8-12-31-16-7-6-15(13-18(16)29-3)20-19(21(26)17-5-4-11-30-17)22(27)23(28)24(20)9-10-25/h4-7,11,13-14,20,25,27H,8-10,12H2,1-3H3. The fraction of sp³-hybridized carbons (Fsp3) is 0.391. The van der Waals surface area contributed by atoms with Crippen molar-refractivity contribution in [2.75, 3.05) is 26.9 Å². The molecule has 31 heavy (non-hydrogen) atoms. The van der Waals surface area contributed by atoms with E-state index in [1.807, 2.05) is 0 Å². The van der Waals surface area contributed by atoms with Crippen LogP contribution in [0.25, 0.3) is 0 Å². The van der Waals surface area contributed by atoms with Gasteiger partial charge >= 0.3 is 0 Å². The van der Waals surface area contributed by atoms with Gasteiger partial charge in [-0.15, -0.1) is 0 Å². The zero-order valence-electron chi connectivity index (χ0n) is 17.8. The Hall–Kier alpha value is -3.26. The minimum atomic E-state index is -0.907. The number of benzene rings is 1. The molecule has 1 aromatic heterocycles. The molecule has 0 saturated carbocycles. The lowest BCUT2D eigenvalue weighted by Gasteiger charge is -2.26. The Morgan fingerprint density at radius 3 is 2.65 bits per heavy atom. The van der Waals surface area contributed by atoms with E-state index in [0.29, 0.717) is 29.6 Å². The number of rotatable bonds is 10. The molecule has 0 fully saturated rings. The van der Waals surface area contributed by atoms with Crippen LogP contribution in [0.3, 0.4) is 0 Å². The van der Waals surface area contributed by atoms with Gasteiger partial charge in [-0.25, -0.2) is 0 Å². The average Bonchev–Trinajstić information content (AvgIpc) is 3.37. The number of nitrogens with zero attached hydrogens (tertiary/aromatic N) is 1. The molecule has 1 aliphatic rings. The summed E-state index contributed by atoms with van der Waals surface area (Å²) in [6.45, 7) is 4.34. The van der Waals surface area contributed by atoms with Crippen molar-refractivity contribution in [1.29, 1.82) is 0 Å². The number of furan rings is 1. The summed E-state index contributed by atoms with van der Waals surface area (Å²) in [5, 5.41) is 19.9. The Labute approximate surface area is 180 Å². The minimum absolute atomic E-state index is 0.00537. The van der Waals surface area contributed by atoms with Gasteiger partial charge in [-0.05, 0) is 42.2 Å². The van der Waals surface area contributed by atoms with E-state index in [2.05, 4.69) is 13.8 Å². The Balaban J connectivity index is 1.99. The van der Waals surface area contributed by atoms with E-state index in [1.54, 1.807) is 24.3 Å². The van der Waals surface area contributed by atoms with Crippen LogP contribution in [0.2, 0.25) is 0 Å². The van der Waals surface area contributed by atoms with Crippen molar-refractivity contribution in [2.24, 2.45) is 5.92 Å². The van der Waals surface area contributed by atoms with Gasteiger partial charge in [0.25, 0.3) is 5.91 Å². The fourth-order valence-corrected chi connectivity index (χ4v) is 3.49. The van der Waals surface area contributed by atoms with Crippen molar-refractivity contribution >= 4 is 11.7 Å². The van der Waals surface area contributed by atoms with Gasteiger partial charge < -0.3 is 29.0 Å². The lowest BCUT2D eigenvalue weighted by Crippen LogP contribution is -2.33. The maximum absolute atomic E-state index is 13.0. The minimum Gasteiger partial charge on any atom is -0.503 e. The number of methoxy groups -OCH3 is 1. The highest BCUT2D eigenvalue weighted by Crippen LogP contribution is 2.41. The molecule has 8 nitrogen and oxygen atoms in total. The molecule has 1 atom stereocenters. The normalized spacial score (nSPS) is 16.4. The summed E-state index contributed by atoms with van der Waals surface area (Å²) in [4.78, 5) is 26.9. The highest BCUT2D eigenvalue weighted by Gasteiger charge is 2.44. The third kappa shape index (κ3) is 4.59. The molecular formula is C23H27NO7. The summed E-state index contributed by atoms with van der Waals surface area (Å²) >= 11 is 0. The van der Waals surface area contributed by atoms with Crippen molar-refractivity contribution in [1.82, 2.24) is 4.90 Å². The van der Waals surface area contributed by atoms with Gasteiger partial charge in [0.15, 0.2) is 23.0 Å². The highest BCUT2D eigenvalue weighted by atomic mass is 16.5. The maximum atomic E-state index is 13.0. The average molecular weight is 429 g/mol. The third-order valence-corrected chi connectivity index (χ3v) is 5.09. The van der Waals surface area contributed by atoms with Gasteiger partial charge in [-0.3, -0.25) is 9.59 Å². The predicted molar refractivity (Wildman–Crippen MR) is 112 cm³/mol. The highest BCUT2D eigenvalue weighted by molar-refractivity contribution is 6.15. The van der Waals surface area contributed by atoms with E-state index < -0.39 is 23.5 Å². The monoisotopic (exact) mass is 429 g/mol. The number of aliphatic hydroxyl groups is 2. The second-order valence-corrected chi connectivity index (χ2v) is 7.63. The number of hydrogen-bond acceptors (Lipinski definition) is 7. The molecule has 1 unspecified atom stereocenters. The summed E-state index contributed by atoms with van der Waals surface area (Å²) in [7, 11) is 1.50. The van der Waals surface area contributed by atoms with Crippen LogP contribution in [0, 0.1) is 5.92 Å². The summed E-state index contributed by atoms with van der Waals surface area (Å²) in [5.41, 5.74) is 0.428. The summed E-state index contributed by atoms with van der Waals surface area (Å²) in [5.74, 6) is -0.513. The first-order valence-corrected chi connectivity index (χ1v) is 10.1. The number of carbonyl (C=O) groups is 2. The first-order chi connectivity index (χ1) is 14.9. The number of hydrogen-bond donors (Lipinski definition) is 2. The second kappa shape index (κ2) is 9.70. The quantitative estimate of drug-likeness (QED) is 0.558. The smallest absolute Gasteiger partial charge is 0.290 e. The zero-order valence-corrected chi connectivity index (χ0v) is 17.8. The predicted octanol–water partition coefficient (Wildman–Crippen LogP) is 3.28. The Morgan fingerprint density at radius 1 is 1.26 bits per heavy atom. The van der Waals surface area contributed by atoms with Crippen LogP contribution in [0.4, 0.5) is 0 Å². The number of β-amino-alcohol motifs (C(OH)–C–C–N with tert-alkyl or cyclic N) is 1. The van der Waals surface area contributed by atoms with E-state index in [-0.39, 0.29) is 24.5 Å². The molecule has 8 heteroatoms. The van der Waals surface area contributed by atoms with Gasteiger partial charge in [0.05, 0.1) is 38.2 Å². The number of Topliss-reactive ketones (excluding diaryl/α,β-unsaturated/α-hetero) is 1. The molecule has 0 radical (unpaired) electrons. The lowest BCUT2D eigenvalue weighted by atomic mass is 9.94. The van der Waals surface area contributed by atoms with E-state index in [9.17, 15) is 19.8 Å². The van der Waals surface area contributed by atoms with Crippen LogP contribution in [-0.2, 0) is 4.79 Å². The van der Waals surface area contributed by atoms with Gasteiger partial charge in [0, 0.05) is 6.54 Å². The molecule has 0 spiro atoms. The van der Waals surface area contributed by atoms with Crippen LogP contribution in [0.5, 0.6) is 11.5 Å². The fourth-order valence-electron chi connectivity index (χ4n) is 3.49. The Kier molecular flexibility index (Phi) is 7.02. The molecule has 1 amide bonds. The zero-order chi connectivity index (χ0) is 22.5. The second-order valence-electron chi connectivity index (χ2n) is 7.63. The van der Waals surface area contributed by atoms with Crippen molar-refractivity contribution in [3.05, 3.63) is 59.3 Å². The number of ketones is 1. The number of aliphatic hydroxyl groups excluding tert-OH is 2. The lowest BCUT2D eigenvalue weighted by molar-refractivity contribution is -0.129. The van der Waals surface area contributed by atoms with Crippen LogP contribution in [-0.4, -0.2) is 53.7 Å². The number of carbonyl (C=O) groups excluding carboxylic acids is 2. The number of amides is 1. The molecule has 1 aliphatic heterocycles. The first-order valence-electron chi connectivity index (χ1n) is 10.1. The van der Waals surface area contributed by atoms with Crippen LogP contribution in [0.1, 0.15) is 42.4 Å². The summed E-state index contributed by atoms with van der Waals surface area (Å²) in [6.07, 6.45) is 2.22. The van der Waals surface area contributed by atoms with Crippen LogP contribution < -0.4 is 9.47 Å². The molecule has 0 aliphatic carbocycles. The Morgan fingerprint density at radius 2 is 2.03 bits per heavy atom. The van der Waals surface area contributed by atoms with Crippen LogP contribution in [0.15, 0.2) is 52.3 Å². The molecule has 0 saturated heterocycles. The summed E-state index contributed by atoms with van der Waals surface area (Å²) in [6, 6.07) is 7.20. The molecule has 2 aromatic rings. The molecular weight excluding hydrogens is 402 g/mol. The van der Waals surface area contributed by atoms with E-state index in [0.717, 1.165) is 6.42 Å². The first kappa shape index (κ1) is 22.4. The largest absolute Gasteiger partial charge is 0.503 e. The molecule has 2 heterocycles. The maximum Gasteiger partial charge on any atom is 0.290 e. The van der Waals surface area contributed by atoms with Gasteiger partial charge in [-0.1, -0.05) is 19.9 Å². The topological polar surface area (TPSA) is 109 Å². The van der Waals surface area contributed by atoms with E-state index in [4.69, 9.17) is 13.9 Å². The van der Waals surface area contributed by atoms with E-state index in [1.165, 1.54) is 24.3 Å². The molecule has 166 valence electrons. The molecule has 3 rings (SSSR count). The SMILES string of the molecule is COc1cc(C2C(C(=O)c3ccco3)=C(O)C(=O)N2CCO)ccc1OCCC(C)C. The van der Waals surface area contributed by atoms with Crippen molar-refractivity contribution in [3.63, 3.8) is 0 Å². The number of ether oxygens (including phenoxy) is 2. The molecule has 0 bridgehead atoms. The van der Waals surface area contributed by atoms with Gasteiger partial charge in [0.1, 0.15) is 0 Å². The van der Waals surface area contributed by atoms with Gasteiger partial charge in [-0.2, -0.15) is 0 Å². The molecule has 1 aromatic carbocycles.